The molecule has 0 aliphatic carbocycles. The number of hydrogen-bond acceptors (Lipinski definition) is 4. The maximum atomic E-state index is 12.2. The van der Waals surface area contributed by atoms with Crippen molar-refractivity contribution in [1.82, 2.24) is 15.3 Å². The first-order valence-corrected chi connectivity index (χ1v) is 9.44. The second-order valence-electron chi connectivity index (χ2n) is 6.81. The number of nitrogens with one attached hydrogen (secondary N) is 3. The normalized spacial score (nSPS) is 16.5. The van der Waals surface area contributed by atoms with Crippen molar-refractivity contribution in [3.63, 3.8) is 0 Å². The summed E-state index contributed by atoms with van der Waals surface area (Å²) >= 11 is 0. The molecule has 0 saturated carbocycles. The molecule has 27 heavy (non-hydrogen) atoms. The average molecular weight is 364 g/mol. The van der Waals surface area contributed by atoms with Gasteiger partial charge in [0.25, 0.3) is 5.91 Å². The standard InChI is InChI=1S/C21H24N4O2/c26-21(25-14-17-4-3-11-27-17)20-8-7-16(13-24-20)22-10-9-15-12-23-19-6-2-1-5-18(15)19/h1-2,5-8,12-13,17,22-23H,3-4,9-11,14H2,(H,25,26). The van der Waals surface area contributed by atoms with Crippen molar-refractivity contribution in [1.29, 1.82) is 0 Å². The van der Waals surface area contributed by atoms with E-state index in [0.717, 1.165) is 43.6 Å². The summed E-state index contributed by atoms with van der Waals surface area (Å²) in [5.74, 6) is -0.157. The lowest BCUT2D eigenvalue weighted by Gasteiger charge is -2.11. The number of rotatable bonds is 7. The fraction of sp³-hybridized carbons (Fsp3) is 0.333. The van der Waals surface area contributed by atoms with E-state index in [2.05, 4.69) is 45.0 Å². The number of aromatic nitrogens is 2. The molecule has 6 nitrogen and oxygen atoms in total. The second kappa shape index (κ2) is 8.22. The Morgan fingerprint density at radius 3 is 3.00 bits per heavy atom. The van der Waals surface area contributed by atoms with Crippen LogP contribution in [0.1, 0.15) is 28.9 Å². The van der Waals surface area contributed by atoms with Gasteiger partial charge < -0.3 is 20.4 Å². The van der Waals surface area contributed by atoms with Crippen molar-refractivity contribution < 1.29 is 9.53 Å². The largest absolute Gasteiger partial charge is 0.383 e. The highest BCUT2D eigenvalue weighted by molar-refractivity contribution is 5.92. The van der Waals surface area contributed by atoms with Gasteiger partial charge in [0.05, 0.1) is 18.0 Å². The zero-order valence-electron chi connectivity index (χ0n) is 15.2. The van der Waals surface area contributed by atoms with Crippen molar-refractivity contribution in [2.75, 3.05) is 25.0 Å². The molecule has 1 aliphatic heterocycles. The lowest BCUT2D eigenvalue weighted by atomic mass is 10.1. The van der Waals surface area contributed by atoms with Crippen LogP contribution >= 0.6 is 0 Å². The second-order valence-corrected chi connectivity index (χ2v) is 6.81. The van der Waals surface area contributed by atoms with E-state index in [4.69, 9.17) is 4.74 Å². The highest BCUT2D eigenvalue weighted by atomic mass is 16.5. The van der Waals surface area contributed by atoms with Crippen LogP contribution in [0, 0.1) is 0 Å². The third kappa shape index (κ3) is 4.28. The van der Waals surface area contributed by atoms with Crippen LogP contribution in [0.25, 0.3) is 10.9 Å². The van der Waals surface area contributed by atoms with Crippen LogP contribution in [0.15, 0.2) is 48.8 Å². The summed E-state index contributed by atoms with van der Waals surface area (Å²) < 4.78 is 5.51. The zero-order valence-corrected chi connectivity index (χ0v) is 15.2. The number of para-hydroxylation sites is 1. The molecule has 3 N–H and O–H groups in total. The summed E-state index contributed by atoms with van der Waals surface area (Å²) in [7, 11) is 0. The van der Waals surface area contributed by atoms with Gasteiger partial charge in [-0.15, -0.1) is 0 Å². The Labute approximate surface area is 158 Å². The van der Waals surface area contributed by atoms with E-state index in [1.165, 1.54) is 10.9 Å². The molecule has 1 unspecified atom stereocenters. The first-order chi connectivity index (χ1) is 13.3. The minimum absolute atomic E-state index is 0.138. The lowest BCUT2D eigenvalue weighted by Crippen LogP contribution is -2.32. The van der Waals surface area contributed by atoms with Gasteiger partial charge in [-0.1, -0.05) is 18.2 Å². The van der Waals surface area contributed by atoms with Crippen molar-refractivity contribution in [3.05, 3.63) is 60.0 Å². The van der Waals surface area contributed by atoms with Crippen LogP contribution < -0.4 is 10.6 Å². The zero-order chi connectivity index (χ0) is 18.5. The molecule has 1 atom stereocenters. The Bertz CT molecular complexity index is 898. The fourth-order valence-electron chi connectivity index (χ4n) is 3.42. The van der Waals surface area contributed by atoms with Gasteiger partial charge in [0.2, 0.25) is 0 Å². The Hall–Kier alpha value is -2.86. The highest BCUT2D eigenvalue weighted by Gasteiger charge is 2.17. The van der Waals surface area contributed by atoms with Crippen LogP contribution in [-0.2, 0) is 11.2 Å². The van der Waals surface area contributed by atoms with E-state index in [1.807, 2.05) is 12.1 Å². The molecular weight excluding hydrogens is 340 g/mol. The number of ether oxygens (including phenoxy) is 1. The monoisotopic (exact) mass is 364 g/mol. The Balaban J connectivity index is 1.26. The molecule has 3 aromatic rings. The SMILES string of the molecule is O=C(NCC1CCCO1)c1ccc(NCCc2c[nH]c3ccccc23)cn1. The van der Waals surface area contributed by atoms with Crippen LogP contribution in [0.2, 0.25) is 0 Å². The topological polar surface area (TPSA) is 79.0 Å². The van der Waals surface area contributed by atoms with Gasteiger partial charge in [0.15, 0.2) is 0 Å². The van der Waals surface area contributed by atoms with Gasteiger partial charge in [-0.3, -0.25) is 4.79 Å². The molecule has 6 heteroatoms. The van der Waals surface area contributed by atoms with Gasteiger partial charge >= 0.3 is 0 Å². The Kier molecular flexibility index (Phi) is 5.34. The molecule has 1 fully saturated rings. The minimum atomic E-state index is -0.157. The average Bonchev–Trinajstić information content (AvgIpc) is 3.37. The molecular formula is C21H24N4O2. The molecule has 1 aliphatic rings. The predicted molar refractivity (Wildman–Crippen MR) is 106 cm³/mol. The molecule has 0 radical (unpaired) electrons. The summed E-state index contributed by atoms with van der Waals surface area (Å²) in [6.45, 7) is 2.14. The number of H-pyrrole nitrogens is 1. The molecule has 2 aromatic heterocycles. The fourth-order valence-corrected chi connectivity index (χ4v) is 3.42. The van der Waals surface area contributed by atoms with Crippen LogP contribution in [-0.4, -0.2) is 41.7 Å². The molecule has 1 aromatic carbocycles. The molecule has 1 amide bonds. The number of carbonyl (C=O) groups is 1. The van der Waals surface area contributed by atoms with Gasteiger partial charge in [-0.25, -0.2) is 4.98 Å². The number of carbonyl (C=O) groups excluding carboxylic acids is 1. The van der Waals surface area contributed by atoms with Crippen LogP contribution in [0.5, 0.6) is 0 Å². The molecule has 140 valence electrons. The number of pyridine rings is 1. The van der Waals surface area contributed by atoms with E-state index < -0.39 is 0 Å². The first-order valence-electron chi connectivity index (χ1n) is 9.44. The van der Waals surface area contributed by atoms with Gasteiger partial charge in [-0.2, -0.15) is 0 Å². The Morgan fingerprint density at radius 2 is 2.19 bits per heavy atom. The number of anilines is 1. The molecule has 0 bridgehead atoms. The number of aromatic amines is 1. The minimum Gasteiger partial charge on any atom is -0.383 e. The summed E-state index contributed by atoms with van der Waals surface area (Å²) in [6.07, 6.45) is 6.89. The maximum Gasteiger partial charge on any atom is 0.269 e. The molecule has 0 spiro atoms. The van der Waals surface area contributed by atoms with E-state index in [0.29, 0.717) is 12.2 Å². The maximum absolute atomic E-state index is 12.2. The summed E-state index contributed by atoms with van der Waals surface area (Å²) in [5.41, 5.74) is 3.78. The van der Waals surface area contributed by atoms with E-state index in [9.17, 15) is 4.79 Å². The van der Waals surface area contributed by atoms with Crippen molar-refractivity contribution in [2.24, 2.45) is 0 Å². The molecule has 3 heterocycles. The van der Waals surface area contributed by atoms with E-state index in [-0.39, 0.29) is 12.0 Å². The highest BCUT2D eigenvalue weighted by Crippen LogP contribution is 2.18. The van der Waals surface area contributed by atoms with Crippen molar-refractivity contribution in [3.8, 4) is 0 Å². The third-order valence-corrected chi connectivity index (χ3v) is 4.91. The van der Waals surface area contributed by atoms with Crippen LogP contribution in [0.4, 0.5) is 5.69 Å². The van der Waals surface area contributed by atoms with Crippen molar-refractivity contribution >= 4 is 22.5 Å². The number of benzene rings is 1. The van der Waals surface area contributed by atoms with Gasteiger partial charge in [0.1, 0.15) is 5.69 Å². The predicted octanol–water partition coefficient (Wildman–Crippen LogP) is 3.13. The van der Waals surface area contributed by atoms with Gasteiger partial charge in [0, 0.05) is 36.8 Å². The summed E-state index contributed by atoms with van der Waals surface area (Å²) in [5, 5.41) is 7.51. The summed E-state index contributed by atoms with van der Waals surface area (Å²) in [4.78, 5) is 19.7. The molecule has 4 rings (SSSR count). The van der Waals surface area contributed by atoms with Crippen molar-refractivity contribution in [2.45, 2.75) is 25.4 Å². The lowest BCUT2D eigenvalue weighted by molar-refractivity contribution is 0.0854. The third-order valence-electron chi connectivity index (χ3n) is 4.91. The van der Waals surface area contributed by atoms with E-state index in [1.54, 1.807) is 12.3 Å². The number of fused-ring (bicyclic) bond motifs is 1. The smallest absolute Gasteiger partial charge is 0.269 e. The number of hydrogen-bond donors (Lipinski definition) is 3. The van der Waals surface area contributed by atoms with Gasteiger partial charge in [-0.05, 0) is 43.0 Å². The Morgan fingerprint density at radius 1 is 1.26 bits per heavy atom. The number of nitrogens with zero attached hydrogens (tertiary/aromatic N) is 1. The molecule has 1 saturated heterocycles. The first kappa shape index (κ1) is 17.5. The van der Waals surface area contributed by atoms with Crippen LogP contribution in [0.3, 0.4) is 0 Å². The van der Waals surface area contributed by atoms with E-state index >= 15 is 0 Å². The summed E-state index contributed by atoms with van der Waals surface area (Å²) in [6, 6.07) is 11.9. The number of amides is 1. The quantitative estimate of drug-likeness (QED) is 0.602.